The molecule has 0 aliphatic rings. The van der Waals surface area contributed by atoms with Crippen LogP contribution in [0.5, 0.6) is 0 Å². The minimum absolute atomic E-state index is 0.194. The number of rotatable bonds is 4. The first-order chi connectivity index (χ1) is 8.15. The molecule has 0 atom stereocenters. The summed E-state index contributed by atoms with van der Waals surface area (Å²) in [5, 5.41) is 0. The Bertz CT molecular complexity index is 488. The summed E-state index contributed by atoms with van der Waals surface area (Å²) in [6, 6.07) is 5.31. The van der Waals surface area contributed by atoms with Crippen molar-refractivity contribution in [2.45, 2.75) is 20.1 Å². The second kappa shape index (κ2) is 5.10. The van der Waals surface area contributed by atoms with Gasteiger partial charge in [-0.05, 0) is 36.2 Å². The summed E-state index contributed by atoms with van der Waals surface area (Å²) in [6.07, 6.45) is 1.83. The zero-order valence-electron chi connectivity index (χ0n) is 9.47. The van der Waals surface area contributed by atoms with Crippen LogP contribution in [0.2, 0.25) is 0 Å². The summed E-state index contributed by atoms with van der Waals surface area (Å²) in [5.74, 6) is -1.16. The van der Waals surface area contributed by atoms with Gasteiger partial charge in [-0.3, -0.25) is 0 Å². The van der Waals surface area contributed by atoms with Crippen LogP contribution in [0.15, 0.2) is 30.5 Å². The molecule has 1 heterocycles. The van der Waals surface area contributed by atoms with Crippen LogP contribution in [-0.4, -0.2) is 4.98 Å². The number of hydrogen-bond acceptors (Lipinski definition) is 1. The highest BCUT2D eigenvalue weighted by atomic mass is 19.1. The molecule has 0 saturated carbocycles. The van der Waals surface area contributed by atoms with Crippen molar-refractivity contribution in [3.8, 4) is 0 Å². The van der Waals surface area contributed by atoms with Crippen molar-refractivity contribution in [1.82, 2.24) is 4.98 Å². The fourth-order valence-corrected chi connectivity index (χ4v) is 1.61. The average molecular weight is 237 g/mol. The topological polar surface area (TPSA) is 25.0 Å². The molecular formula is C13H13F2NO. The van der Waals surface area contributed by atoms with Gasteiger partial charge in [-0.15, -0.1) is 0 Å². The van der Waals surface area contributed by atoms with E-state index in [1.165, 1.54) is 12.1 Å². The maximum absolute atomic E-state index is 12.9. The Kier molecular flexibility index (Phi) is 3.54. The van der Waals surface area contributed by atoms with Crippen molar-refractivity contribution >= 4 is 0 Å². The minimum Gasteiger partial charge on any atom is -0.372 e. The lowest BCUT2D eigenvalue weighted by molar-refractivity contribution is 0.106. The molecule has 0 radical (unpaired) electrons. The van der Waals surface area contributed by atoms with E-state index >= 15 is 0 Å². The van der Waals surface area contributed by atoms with Crippen LogP contribution in [0.4, 0.5) is 8.78 Å². The number of halogens is 2. The molecule has 17 heavy (non-hydrogen) atoms. The third kappa shape index (κ3) is 3.14. The van der Waals surface area contributed by atoms with E-state index in [-0.39, 0.29) is 6.61 Å². The van der Waals surface area contributed by atoms with Crippen molar-refractivity contribution < 1.29 is 13.5 Å². The number of aromatic nitrogens is 1. The van der Waals surface area contributed by atoms with Crippen molar-refractivity contribution in [3.05, 3.63) is 58.9 Å². The fourth-order valence-electron chi connectivity index (χ4n) is 1.61. The van der Waals surface area contributed by atoms with Crippen LogP contribution in [0.25, 0.3) is 0 Å². The largest absolute Gasteiger partial charge is 0.372 e. The van der Waals surface area contributed by atoms with Gasteiger partial charge in [0.2, 0.25) is 0 Å². The van der Waals surface area contributed by atoms with Crippen LogP contribution >= 0.6 is 0 Å². The number of benzene rings is 1. The average Bonchev–Trinajstić information content (AvgIpc) is 2.63. The molecule has 0 unspecified atom stereocenters. The first-order valence-electron chi connectivity index (χ1n) is 5.31. The Morgan fingerprint density at radius 2 is 1.82 bits per heavy atom. The number of hydrogen-bond donors (Lipinski definition) is 1. The summed E-state index contributed by atoms with van der Waals surface area (Å²) in [6.45, 7) is 2.56. The van der Waals surface area contributed by atoms with Crippen molar-refractivity contribution in [2.24, 2.45) is 0 Å². The van der Waals surface area contributed by atoms with Gasteiger partial charge in [0.05, 0.1) is 13.2 Å². The second-order valence-electron chi connectivity index (χ2n) is 3.90. The molecule has 0 spiro atoms. The highest BCUT2D eigenvalue weighted by Gasteiger charge is 2.02. The van der Waals surface area contributed by atoms with E-state index < -0.39 is 11.6 Å². The van der Waals surface area contributed by atoms with Gasteiger partial charge >= 0.3 is 0 Å². The molecule has 0 fully saturated rings. The zero-order valence-corrected chi connectivity index (χ0v) is 9.47. The van der Waals surface area contributed by atoms with Crippen LogP contribution in [0.3, 0.4) is 0 Å². The van der Waals surface area contributed by atoms with Gasteiger partial charge < -0.3 is 9.72 Å². The summed E-state index contributed by atoms with van der Waals surface area (Å²) in [7, 11) is 0. The third-order valence-electron chi connectivity index (χ3n) is 2.51. The Balaban J connectivity index is 1.92. The molecule has 2 nitrogen and oxygen atoms in total. The molecule has 0 aliphatic heterocycles. The first-order valence-corrected chi connectivity index (χ1v) is 5.31. The van der Waals surface area contributed by atoms with E-state index in [0.29, 0.717) is 12.2 Å². The molecule has 1 aromatic heterocycles. The quantitative estimate of drug-likeness (QED) is 0.867. The number of H-pyrrole nitrogens is 1. The van der Waals surface area contributed by atoms with E-state index in [2.05, 4.69) is 4.98 Å². The Morgan fingerprint density at radius 1 is 1.12 bits per heavy atom. The van der Waals surface area contributed by atoms with Crippen molar-refractivity contribution in [1.29, 1.82) is 0 Å². The Labute approximate surface area is 98.2 Å². The van der Waals surface area contributed by atoms with E-state index in [1.54, 1.807) is 0 Å². The molecule has 1 aromatic carbocycles. The lowest BCUT2D eigenvalue weighted by Crippen LogP contribution is -1.96. The van der Waals surface area contributed by atoms with Crippen molar-refractivity contribution in [2.75, 3.05) is 0 Å². The molecule has 2 rings (SSSR count). The number of aromatic amines is 1. The third-order valence-corrected chi connectivity index (χ3v) is 2.51. The number of nitrogens with one attached hydrogen (secondary N) is 1. The lowest BCUT2D eigenvalue weighted by Gasteiger charge is -2.04. The van der Waals surface area contributed by atoms with E-state index in [4.69, 9.17) is 4.74 Å². The predicted molar refractivity (Wildman–Crippen MR) is 60.4 cm³/mol. The van der Waals surface area contributed by atoms with E-state index in [0.717, 1.165) is 17.3 Å². The van der Waals surface area contributed by atoms with Crippen LogP contribution < -0.4 is 0 Å². The van der Waals surface area contributed by atoms with Gasteiger partial charge in [-0.2, -0.15) is 0 Å². The van der Waals surface area contributed by atoms with Crippen LogP contribution in [0, 0.1) is 18.6 Å². The monoisotopic (exact) mass is 237 g/mol. The van der Waals surface area contributed by atoms with Crippen LogP contribution in [-0.2, 0) is 18.0 Å². The van der Waals surface area contributed by atoms with E-state index in [1.807, 2.05) is 19.2 Å². The smallest absolute Gasteiger partial charge is 0.126 e. The lowest BCUT2D eigenvalue weighted by atomic mass is 10.2. The maximum atomic E-state index is 12.9. The fraction of sp³-hybridized carbons (Fsp3) is 0.231. The highest BCUT2D eigenvalue weighted by Crippen LogP contribution is 2.11. The Hall–Kier alpha value is -1.68. The molecular weight excluding hydrogens is 224 g/mol. The van der Waals surface area contributed by atoms with Gasteiger partial charge in [0.25, 0.3) is 0 Å². The molecule has 4 heteroatoms. The van der Waals surface area contributed by atoms with Gasteiger partial charge in [0, 0.05) is 18.0 Å². The molecule has 90 valence electrons. The number of aryl methyl sites for hydroxylation is 1. The summed E-state index contributed by atoms with van der Waals surface area (Å²) in [4.78, 5) is 3.04. The normalized spacial score (nSPS) is 10.8. The summed E-state index contributed by atoms with van der Waals surface area (Å²) >= 11 is 0. The van der Waals surface area contributed by atoms with Gasteiger partial charge in [-0.25, -0.2) is 8.78 Å². The molecule has 2 aromatic rings. The molecule has 0 aliphatic carbocycles. The summed E-state index contributed by atoms with van der Waals surface area (Å²) in [5.41, 5.74) is 2.58. The standard InChI is InChI=1S/C13H13F2NO/c1-9-11(2-3-16-9)8-17-7-10-4-12(14)6-13(15)5-10/h2-6,16H,7-8H2,1H3. The maximum Gasteiger partial charge on any atom is 0.126 e. The zero-order chi connectivity index (χ0) is 12.3. The van der Waals surface area contributed by atoms with E-state index in [9.17, 15) is 8.78 Å². The van der Waals surface area contributed by atoms with Gasteiger partial charge in [-0.1, -0.05) is 0 Å². The number of ether oxygens (including phenoxy) is 1. The van der Waals surface area contributed by atoms with Gasteiger partial charge in [0.1, 0.15) is 11.6 Å². The summed E-state index contributed by atoms with van der Waals surface area (Å²) < 4.78 is 31.2. The Morgan fingerprint density at radius 3 is 2.41 bits per heavy atom. The molecule has 1 N–H and O–H groups in total. The first kappa shape index (κ1) is 11.8. The molecule has 0 amide bonds. The predicted octanol–water partition coefficient (Wildman–Crippen LogP) is 3.32. The SMILES string of the molecule is Cc1[nH]ccc1COCc1cc(F)cc(F)c1. The molecule has 0 saturated heterocycles. The van der Waals surface area contributed by atoms with Crippen molar-refractivity contribution in [3.63, 3.8) is 0 Å². The highest BCUT2D eigenvalue weighted by molar-refractivity contribution is 5.19. The molecule has 0 bridgehead atoms. The second-order valence-corrected chi connectivity index (χ2v) is 3.90. The minimum atomic E-state index is -0.582. The van der Waals surface area contributed by atoms with Crippen LogP contribution in [0.1, 0.15) is 16.8 Å². The van der Waals surface area contributed by atoms with Gasteiger partial charge in [0.15, 0.2) is 0 Å².